The van der Waals surface area contributed by atoms with Crippen LogP contribution in [-0.2, 0) is 20.9 Å². The maximum absolute atomic E-state index is 12.6. The molecule has 1 saturated heterocycles. The number of carbonyl (C=O) groups is 2. The molecule has 0 unspecified atom stereocenters. The molecule has 2 fully saturated rings. The third kappa shape index (κ3) is 5.01. The van der Waals surface area contributed by atoms with Gasteiger partial charge in [0.1, 0.15) is 0 Å². The number of anilines is 1. The number of hydrogen-bond donors (Lipinski definition) is 2. The van der Waals surface area contributed by atoms with Gasteiger partial charge in [-0.05, 0) is 56.2 Å². The Labute approximate surface area is 161 Å². The number of hydrogen-bond acceptors (Lipinski definition) is 5. The standard InChI is InChI=1S/C21H31N3O3/c1-27-21(26)17-4-6-18(7-5-17)23-20(25)16-10-12-24(13-11-16)19-8-2-15(14-22)3-9-19/h2-3,8-9,16-18H,4-7,10-14,22H2,1H3,(H,23,25). The van der Waals surface area contributed by atoms with Crippen LogP contribution in [0.3, 0.4) is 0 Å². The van der Waals surface area contributed by atoms with Gasteiger partial charge in [0.05, 0.1) is 13.0 Å². The van der Waals surface area contributed by atoms with Crippen LogP contribution in [0, 0.1) is 11.8 Å². The van der Waals surface area contributed by atoms with E-state index in [2.05, 4.69) is 34.5 Å². The molecule has 27 heavy (non-hydrogen) atoms. The normalized spacial score (nSPS) is 23.7. The summed E-state index contributed by atoms with van der Waals surface area (Å²) in [4.78, 5) is 26.6. The first-order valence-corrected chi connectivity index (χ1v) is 10.0. The zero-order valence-electron chi connectivity index (χ0n) is 16.2. The second-order valence-electron chi connectivity index (χ2n) is 7.71. The minimum atomic E-state index is -0.119. The number of nitrogens with two attached hydrogens (primary N) is 1. The largest absolute Gasteiger partial charge is 0.469 e. The SMILES string of the molecule is COC(=O)C1CCC(NC(=O)C2CCN(c3ccc(CN)cc3)CC2)CC1. The van der Waals surface area contributed by atoms with Crippen molar-refractivity contribution in [1.82, 2.24) is 5.32 Å². The molecule has 0 spiro atoms. The lowest BCUT2D eigenvalue weighted by Crippen LogP contribution is -2.45. The first-order chi connectivity index (χ1) is 13.1. The van der Waals surface area contributed by atoms with E-state index in [0.29, 0.717) is 6.54 Å². The van der Waals surface area contributed by atoms with Gasteiger partial charge in [0.15, 0.2) is 0 Å². The minimum Gasteiger partial charge on any atom is -0.469 e. The van der Waals surface area contributed by atoms with Gasteiger partial charge in [-0.15, -0.1) is 0 Å². The van der Waals surface area contributed by atoms with Gasteiger partial charge >= 0.3 is 5.97 Å². The molecule has 1 aliphatic carbocycles. The molecule has 1 aromatic rings. The van der Waals surface area contributed by atoms with Crippen LogP contribution in [-0.4, -0.2) is 38.1 Å². The number of piperidine rings is 1. The van der Waals surface area contributed by atoms with E-state index in [1.165, 1.54) is 12.8 Å². The highest BCUT2D eigenvalue weighted by atomic mass is 16.5. The van der Waals surface area contributed by atoms with E-state index in [1.807, 2.05) is 0 Å². The molecular weight excluding hydrogens is 342 g/mol. The molecule has 0 bridgehead atoms. The molecule has 148 valence electrons. The third-order valence-electron chi connectivity index (χ3n) is 6.01. The molecule has 1 aliphatic heterocycles. The van der Waals surface area contributed by atoms with Gasteiger partial charge < -0.3 is 20.7 Å². The molecule has 2 aliphatic rings. The molecule has 6 heteroatoms. The van der Waals surface area contributed by atoms with Crippen molar-refractivity contribution in [3.05, 3.63) is 29.8 Å². The first-order valence-electron chi connectivity index (χ1n) is 10.0. The summed E-state index contributed by atoms with van der Waals surface area (Å²) in [5.41, 5.74) is 7.99. The second-order valence-corrected chi connectivity index (χ2v) is 7.71. The molecule has 1 heterocycles. The van der Waals surface area contributed by atoms with Gasteiger partial charge in [0.25, 0.3) is 0 Å². The van der Waals surface area contributed by atoms with E-state index in [4.69, 9.17) is 10.5 Å². The predicted molar refractivity (Wildman–Crippen MR) is 105 cm³/mol. The number of nitrogens with zero attached hydrogens (tertiary/aromatic N) is 1. The highest BCUT2D eigenvalue weighted by Crippen LogP contribution is 2.27. The van der Waals surface area contributed by atoms with Crippen LogP contribution in [0.5, 0.6) is 0 Å². The van der Waals surface area contributed by atoms with Crippen molar-refractivity contribution in [3.8, 4) is 0 Å². The summed E-state index contributed by atoms with van der Waals surface area (Å²) in [5.74, 6) is 0.140. The summed E-state index contributed by atoms with van der Waals surface area (Å²) in [5, 5.41) is 3.21. The summed E-state index contributed by atoms with van der Waals surface area (Å²) >= 11 is 0. The Morgan fingerprint density at radius 2 is 1.67 bits per heavy atom. The Morgan fingerprint density at radius 1 is 1.04 bits per heavy atom. The fourth-order valence-corrected chi connectivity index (χ4v) is 4.20. The maximum Gasteiger partial charge on any atom is 0.308 e. The molecular formula is C21H31N3O3. The Balaban J connectivity index is 1.43. The summed E-state index contributed by atoms with van der Waals surface area (Å²) in [6.07, 6.45) is 5.07. The van der Waals surface area contributed by atoms with Crippen LogP contribution < -0.4 is 16.0 Å². The smallest absolute Gasteiger partial charge is 0.308 e. The lowest BCUT2D eigenvalue weighted by molar-refractivity contribution is -0.146. The lowest BCUT2D eigenvalue weighted by Gasteiger charge is -2.34. The monoisotopic (exact) mass is 373 g/mol. The van der Waals surface area contributed by atoms with Crippen molar-refractivity contribution in [1.29, 1.82) is 0 Å². The summed E-state index contributed by atoms with van der Waals surface area (Å²) < 4.78 is 4.82. The van der Waals surface area contributed by atoms with E-state index in [-0.39, 0.29) is 29.8 Å². The zero-order valence-corrected chi connectivity index (χ0v) is 16.2. The van der Waals surface area contributed by atoms with Gasteiger partial charge in [-0.3, -0.25) is 9.59 Å². The fourth-order valence-electron chi connectivity index (χ4n) is 4.20. The van der Waals surface area contributed by atoms with Crippen LogP contribution in [0.2, 0.25) is 0 Å². The minimum absolute atomic E-state index is 0.00273. The molecule has 0 atom stereocenters. The molecule has 1 amide bonds. The van der Waals surface area contributed by atoms with Gasteiger partial charge in [0, 0.05) is 37.3 Å². The topological polar surface area (TPSA) is 84.7 Å². The van der Waals surface area contributed by atoms with Gasteiger partial charge in [-0.25, -0.2) is 0 Å². The number of esters is 1. The number of nitrogens with one attached hydrogen (secondary N) is 1. The van der Waals surface area contributed by atoms with Crippen molar-refractivity contribution in [2.45, 2.75) is 51.1 Å². The maximum atomic E-state index is 12.6. The second kappa shape index (κ2) is 9.22. The highest BCUT2D eigenvalue weighted by molar-refractivity contribution is 5.79. The third-order valence-corrected chi connectivity index (χ3v) is 6.01. The Kier molecular flexibility index (Phi) is 6.72. The van der Waals surface area contributed by atoms with Crippen LogP contribution in [0.4, 0.5) is 5.69 Å². The molecule has 1 aromatic carbocycles. The summed E-state index contributed by atoms with van der Waals surface area (Å²) in [6.45, 7) is 2.36. The number of methoxy groups -OCH3 is 1. The van der Waals surface area contributed by atoms with Crippen molar-refractivity contribution in [2.24, 2.45) is 17.6 Å². The van der Waals surface area contributed by atoms with E-state index >= 15 is 0 Å². The van der Waals surface area contributed by atoms with Crippen molar-refractivity contribution in [3.63, 3.8) is 0 Å². The summed E-state index contributed by atoms with van der Waals surface area (Å²) in [6, 6.07) is 8.56. The number of carbonyl (C=O) groups excluding carboxylic acids is 2. The number of rotatable bonds is 5. The van der Waals surface area contributed by atoms with Crippen molar-refractivity contribution >= 4 is 17.6 Å². The highest BCUT2D eigenvalue weighted by Gasteiger charge is 2.30. The van der Waals surface area contributed by atoms with Gasteiger partial charge in [-0.2, -0.15) is 0 Å². The Morgan fingerprint density at radius 3 is 2.22 bits per heavy atom. The van der Waals surface area contributed by atoms with Crippen molar-refractivity contribution in [2.75, 3.05) is 25.1 Å². The zero-order chi connectivity index (χ0) is 19.2. The van der Waals surface area contributed by atoms with Crippen LogP contribution in [0.25, 0.3) is 0 Å². The van der Waals surface area contributed by atoms with Crippen LogP contribution in [0.15, 0.2) is 24.3 Å². The first kappa shape index (κ1) is 19.7. The molecule has 0 aromatic heterocycles. The molecule has 6 nitrogen and oxygen atoms in total. The Hall–Kier alpha value is -2.08. The van der Waals surface area contributed by atoms with Gasteiger partial charge in [-0.1, -0.05) is 12.1 Å². The van der Waals surface area contributed by atoms with E-state index in [1.54, 1.807) is 0 Å². The van der Waals surface area contributed by atoms with Gasteiger partial charge in [0.2, 0.25) is 5.91 Å². The number of benzene rings is 1. The fraction of sp³-hybridized carbons (Fsp3) is 0.619. The Bertz CT molecular complexity index is 631. The van der Waals surface area contributed by atoms with E-state index < -0.39 is 0 Å². The summed E-state index contributed by atoms with van der Waals surface area (Å²) in [7, 11) is 1.44. The van der Waals surface area contributed by atoms with Crippen molar-refractivity contribution < 1.29 is 14.3 Å². The quantitative estimate of drug-likeness (QED) is 0.773. The molecule has 3 rings (SSSR count). The van der Waals surface area contributed by atoms with E-state index in [0.717, 1.165) is 57.2 Å². The molecule has 3 N–H and O–H groups in total. The molecule has 1 saturated carbocycles. The van der Waals surface area contributed by atoms with E-state index in [9.17, 15) is 9.59 Å². The molecule has 0 radical (unpaired) electrons. The number of ether oxygens (including phenoxy) is 1. The van der Waals surface area contributed by atoms with Crippen LogP contribution in [0.1, 0.15) is 44.1 Å². The average Bonchev–Trinajstić information content (AvgIpc) is 2.74. The van der Waals surface area contributed by atoms with Crippen LogP contribution >= 0.6 is 0 Å². The number of amides is 1. The average molecular weight is 373 g/mol. The predicted octanol–water partition coefficient (Wildman–Crippen LogP) is 2.21. The lowest BCUT2D eigenvalue weighted by atomic mass is 9.85.